The first-order chi connectivity index (χ1) is 11.0. The Bertz CT molecular complexity index is 608. The van der Waals surface area contributed by atoms with E-state index >= 15 is 0 Å². The van der Waals surface area contributed by atoms with Crippen LogP contribution in [0.25, 0.3) is 0 Å². The van der Waals surface area contributed by atoms with Crippen LogP contribution in [0.5, 0.6) is 0 Å². The Kier molecular flexibility index (Phi) is 4.12. The highest BCUT2D eigenvalue weighted by atomic mass is 16.4. The molecule has 0 bridgehead atoms. The lowest BCUT2D eigenvalue weighted by molar-refractivity contribution is -0.133. The Labute approximate surface area is 135 Å². The van der Waals surface area contributed by atoms with Crippen LogP contribution in [0.2, 0.25) is 0 Å². The Morgan fingerprint density at radius 2 is 2.00 bits per heavy atom. The SMILES string of the molecule is CCc1nnc(CN2C(=O)NC(CCC(C)C)(C3CC3)C2=O)o1. The van der Waals surface area contributed by atoms with E-state index in [1.165, 1.54) is 4.90 Å². The van der Waals surface area contributed by atoms with Crippen molar-refractivity contribution in [1.82, 2.24) is 20.4 Å². The lowest BCUT2D eigenvalue weighted by Crippen LogP contribution is -2.49. The number of carbonyl (C=O) groups excluding carboxylic acids is 2. The number of aryl methyl sites for hydroxylation is 1. The van der Waals surface area contributed by atoms with E-state index in [2.05, 4.69) is 29.4 Å². The maximum absolute atomic E-state index is 13.0. The zero-order chi connectivity index (χ0) is 16.6. The van der Waals surface area contributed by atoms with Crippen molar-refractivity contribution in [3.05, 3.63) is 11.8 Å². The van der Waals surface area contributed by atoms with Gasteiger partial charge in [0.05, 0.1) is 0 Å². The minimum atomic E-state index is -0.727. The average molecular weight is 320 g/mol. The van der Waals surface area contributed by atoms with Crippen molar-refractivity contribution in [3.8, 4) is 0 Å². The first-order valence-corrected chi connectivity index (χ1v) is 8.41. The van der Waals surface area contributed by atoms with Gasteiger partial charge in [-0.3, -0.25) is 9.69 Å². The molecule has 1 atom stereocenters. The number of carbonyl (C=O) groups is 2. The molecule has 1 saturated heterocycles. The van der Waals surface area contributed by atoms with Gasteiger partial charge in [0.25, 0.3) is 5.91 Å². The fourth-order valence-corrected chi connectivity index (χ4v) is 3.16. The largest absolute Gasteiger partial charge is 0.423 e. The quantitative estimate of drug-likeness (QED) is 0.779. The Hall–Kier alpha value is -1.92. The third-order valence-corrected chi connectivity index (χ3v) is 4.70. The molecule has 1 aliphatic heterocycles. The van der Waals surface area contributed by atoms with Gasteiger partial charge in [0.2, 0.25) is 11.8 Å². The number of nitrogens with one attached hydrogen (secondary N) is 1. The molecule has 1 aromatic rings. The number of nitrogens with zero attached hydrogens (tertiary/aromatic N) is 3. The van der Waals surface area contributed by atoms with Crippen LogP contribution in [-0.2, 0) is 17.8 Å². The van der Waals surface area contributed by atoms with Crippen molar-refractivity contribution >= 4 is 11.9 Å². The molecule has 3 rings (SSSR count). The summed E-state index contributed by atoms with van der Waals surface area (Å²) in [7, 11) is 0. The van der Waals surface area contributed by atoms with Crippen LogP contribution in [0, 0.1) is 11.8 Å². The zero-order valence-corrected chi connectivity index (χ0v) is 14.0. The summed E-state index contributed by atoms with van der Waals surface area (Å²) in [5.74, 6) is 1.44. The van der Waals surface area contributed by atoms with E-state index in [0.717, 1.165) is 19.3 Å². The van der Waals surface area contributed by atoms with Crippen LogP contribution in [0.1, 0.15) is 58.2 Å². The van der Waals surface area contributed by atoms with Gasteiger partial charge in [0.15, 0.2) is 0 Å². The van der Waals surface area contributed by atoms with Crippen LogP contribution >= 0.6 is 0 Å². The monoisotopic (exact) mass is 320 g/mol. The number of imide groups is 1. The fourth-order valence-electron chi connectivity index (χ4n) is 3.16. The molecule has 0 aromatic carbocycles. The molecule has 2 fully saturated rings. The highest BCUT2D eigenvalue weighted by molar-refractivity contribution is 6.07. The standard InChI is InChI=1S/C16H24N4O3/c1-4-12-18-19-13(23-12)9-20-14(21)16(11-5-6-11,17-15(20)22)8-7-10(2)3/h10-11H,4-9H2,1-3H3,(H,17,22). The Balaban J connectivity index is 1.77. The third-order valence-electron chi connectivity index (χ3n) is 4.70. The smallest absolute Gasteiger partial charge is 0.325 e. The van der Waals surface area contributed by atoms with E-state index < -0.39 is 5.54 Å². The predicted molar refractivity (Wildman–Crippen MR) is 82.3 cm³/mol. The van der Waals surface area contributed by atoms with Crippen LogP contribution in [-0.4, -0.2) is 32.6 Å². The number of hydrogen-bond donors (Lipinski definition) is 1. The summed E-state index contributed by atoms with van der Waals surface area (Å²) in [6.45, 7) is 6.22. The van der Waals surface area contributed by atoms with Crippen molar-refractivity contribution in [1.29, 1.82) is 0 Å². The van der Waals surface area contributed by atoms with Crippen LogP contribution in [0.3, 0.4) is 0 Å². The molecule has 1 aromatic heterocycles. The zero-order valence-electron chi connectivity index (χ0n) is 14.0. The molecule has 3 amide bonds. The molecule has 7 nitrogen and oxygen atoms in total. The highest BCUT2D eigenvalue weighted by Gasteiger charge is 2.58. The van der Waals surface area contributed by atoms with Gasteiger partial charge in [-0.1, -0.05) is 20.8 Å². The highest BCUT2D eigenvalue weighted by Crippen LogP contribution is 2.46. The minimum absolute atomic E-state index is 0.0494. The van der Waals surface area contributed by atoms with Crippen molar-refractivity contribution in [2.75, 3.05) is 0 Å². The maximum atomic E-state index is 13.0. The summed E-state index contributed by atoms with van der Waals surface area (Å²) in [5, 5.41) is 10.8. The molecule has 2 aliphatic rings. The van der Waals surface area contributed by atoms with Gasteiger partial charge in [-0.05, 0) is 37.5 Å². The molecule has 2 heterocycles. The van der Waals surface area contributed by atoms with Gasteiger partial charge in [-0.25, -0.2) is 4.79 Å². The fraction of sp³-hybridized carbons (Fsp3) is 0.750. The molecule has 7 heteroatoms. The van der Waals surface area contributed by atoms with Crippen molar-refractivity contribution in [3.63, 3.8) is 0 Å². The second-order valence-corrected chi connectivity index (χ2v) is 6.94. The first kappa shape index (κ1) is 16.0. The van der Waals surface area contributed by atoms with E-state index in [1.807, 2.05) is 6.92 Å². The van der Waals surface area contributed by atoms with Gasteiger partial charge in [0.1, 0.15) is 12.1 Å². The Morgan fingerprint density at radius 3 is 2.57 bits per heavy atom. The Morgan fingerprint density at radius 1 is 1.30 bits per heavy atom. The van der Waals surface area contributed by atoms with Crippen molar-refractivity contribution in [2.45, 2.75) is 65.0 Å². The van der Waals surface area contributed by atoms with Gasteiger partial charge >= 0.3 is 6.03 Å². The lowest BCUT2D eigenvalue weighted by Gasteiger charge is -2.27. The predicted octanol–water partition coefficient (Wildman–Crippen LogP) is 2.27. The summed E-state index contributed by atoms with van der Waals surface area (Å²) in [6, 6.07) is -0.345. The van der Waals surface area contributed by atoms with Crippen molar-refractivity contribution in [2.24, 2.45) is 11.8 Å². The summed E-state index contributed by atoms with van der Waals surface area (Å²) in [4.78, 5) is 26.6. The van der Waals surface area contributed by atoms with E-state index in [4.69, 9.17) is 4.42 Å². The molecule has 1 N–H and O–H groups in total. The molecule has 0 spiro atoms. The summed E-state index contributed by atoms with van der Waals surface area (Å²) in [6.07, 6.45) is 4.24. The number of rotatable bonds is 7. The third kappa shape index (κ3) is 2.96. The summed E-state index contributed by atoms with van der Waals surface area (Å²) in [5.41, 5.74) is -0.727. The molecule has 1 saturated carbocycles. The normalized spacial score (nSPS) is 24.6. The molecule has 0 radical (unpaired) electrons. The summed E-state index contributed by atoms with van der Waals surface area (Å²) >= 11 is 0. The molecular formula is C16H24N4O3. The van der Waals surface area contributed by atoms with E-state index in [1.54, 1.807) is 0 Å². The summed E-state index contributed by atoms with van der Waals surface area (Å²) < 4.78 is 5.44. The topological polar surface area (TPSA) is 88.3 Å². The number of aromatic nitrogens is 2. The molecule has 1 aliphatic carbocycles. The second kappa shape index (κ2) is 5.94. The van der Waals surface area contributed by atoms with E-state index in [0.29, 0.717) is 30.5 Å². The molecule has 126 valence electrons. The van der Waals surface area contributed by atoms with Gasteiger partial charge in [-0.2, -0.15) is 0 Å². The number of amides is 3. The average Bonchev–Trinajstić information content (AvgIpc) is 3.22. The molecule has 1 unspecified atom stereocenters. The van der Waals surface area contributed by atoms with Gasteiger partial charge in [-0.15, -0.1) is 10.2 Å². The second-order valence-electron chi connectivity index (χ2n) is 6.94. The number of hydrogen-bond acceptors (Lipinski definition) is 5. The van der Waals surface area contributed by atoms with E-state index in [9.17, 15) is 9.59 Å². The van der Waals surface area contributed by atoms with Gasteiger partial charge in [0, 0.05) is 6.42 Å². The lowest BCUT2D eigenvalue weighted by atomic mass is 9.85. The van der Waals surface area contributed by atoms with E-state index in [-0.39, 0.29) is 24.4 Å². The van der Waals surface area contributed by atoms with Crippen LogP contribution in [0.4, 0.5) is 4.79 Å². The molecule has 23 heavy (non-hydrogen) atoms. The van der Waals surface area contributed by atoms with Crippen LogP contribution in [0.15, 0.2) is 4.42 Å². The maximum Gasteiger partial charge on any atom is 0.325 e. The minimum Gasteiger partial charge on any atom is -0.423 e. The van der Waals surface area contributed by atoms with Gasteiger partial charge < -0.3 is 9.73 Å². The van der Waals surface area contributed by atoms with Crippen molar-refractivity contribution < 1.29 is 14.0 Å². The number of urea groups is 1. The first-order valence-electron chi connectivity index (χ1n) is 8.41. The molecular weight excluding hydrogens is 296 g/mol. The van der Waals surface area contributed by atoms with Crippen LogP contribution < -0.4 is 5.32 Å².